The summed E-state index contributed by atoms with van der Waals surface area (Å²) in [5.41, 5.74) is 2.34. The highest BCUT2D eigenvalue weighted by Gasteiger charge is 2.09. The summed E-state index contributed by atoms with van der Waals surface area (Å²) in [6.07, 6.45) is 0.756. The van der Waals surface area contributed by atoms with E-state index in [1.165, 1.54) is 5.56 Å². The van der Waals surface area contributed by atoms with Crippen molar-refractivity contribution in [3.05, 3.63) is 23.3 Å². The molecule has 18 heavy (non-hydrogen) atoms. The third-order valence-electron chi connectivity index (χ3n) is 3.05. The topological polar surface area (TPSA) is 50.7 Å². The second kappa shape index (κ2) is 7.24. The Hall–Kier alpha value is -1.26. The van der Waals surface area contributed by atoms with E-state index in [-0.39, 0.29) is 6.61 Å². The van der Waals surface area contributed by atoms with E-state index in [0.717, 1.165) is 30.0 Å². The zero-order valence-electron chi connectivity index (χ0n) is 11.6. The van der Waals surface area contributed by atoms with Crippen LogP contribution in [-0.4, -0.2) is 32.0 Å². The summed E-state index contributed by atoms with van der Waals surface area (Å²) in [5, 5.41) is 12.2. The number of nitrogens with one attached hydrogen (secondary N) is 1. The lowest BCUT2D eigenvalue weighted by Crippen LogP contribution is -2.26. The Balaban J connectivity index is 2.76. The Labute approximate surface area is 109 Å². The fourth-order valence-corrected chi connectivity index (χ4v) is 1.79. The maximum absolute atomic E-state index is 8.86. The molecule has 4 nitrogen and oxygen atoms in total. The summed E-state index contributed by atoms with van der Waals surface area (Å²) < 4.78 is 10.6. The molecule has 1 rings (SSSR count). The molecule has 0 aliphatic rings. The number of rotatable bonds is 7. The third kappa shape index (κ3) is 3.89. The Morgan fingerprint density at radius 1 is 1.22 bits per heavy atom. The lowest BCUT2D eigenvalue weighted by Gasteiger charge is -2.16. The molecule has 0 bridgehead atoms. The maximum Gasteiger partial charge on any atom is 0.161 e. The molecule has 1 unspecified atom stereocenters. The standard InChI is InChI=1S/C14H23NO3/c1-10-7-13(17-3)14(18-4)8-12(10)9-15-11(2)5-6-16/h7-8,11,15-16H,5-6,9H2,1-4H3. The van der Waals surface area contributed by atoms with Crippen molar-refractivity contribution in [1.29, 1.82) is 0 Å². The van der Waals surface area contributed by atoms with Crippen LogP contribution < -0.4 is 14.8 Å². The average molecular weight is 253 g/mol. The van der Waals surface area contributed by atoms with Crippen LogP contribution in [0.5, 0.6) is 11.5 Å². The van der Waals surface area contributed by atoms with Crippen LogP contribution in [0.3, 0.4) is 0 Å². The van der Waals surface area contributed by atoms with Gasteiger partial charge in [-0.1, -0.05) is 0 Å². The SMILES string of the molecule is COc1cc(C)c(CNC(C)CCO)cc1OC. The van der Waals surface area contributed by atoms with Crippen LogP contribution in [0.15, 0.2) is 12.1 Å². The van der Waals surface area contributed by atoms with E-state index in [1.807, 2.05) is 12.1 Å². The fraction of sp³-hybridized carbons (Fsp3) is 0.571. The van der Waals surface area contributed by atoms with Gasteiger partial charge in [0.1, 0.15) is 0 Å². The molecule has 0 aliphatic heterocycles. The lowest BCUT2D eigenvalue weighted by atomic mass is 10.1. The molecule has 0 aliphatic carbocycles. The molecule has 0 heterocycles. The van der Waals surface area contributed by atoms with Crippen molar-refractivity contribution >= 4 is 0 Å². The van der Waals surface area contributed by atoms with Gasteiger partial charge in [-0.3, -0.25) is 0 Å². The first-order valence-electron chi connectivity index (χ1n) is 6.18. The first-order chi connectivity index (χ1) is 8.62. The van der Waals surface area contributed by atoms with Gasteiger partial charge in [0.15, 0.2) is 11.5 Å². The van der Waals surface area contributed by atoms with Gasteiger partial charge in [-0.15, -0.1) is 0 Å². The smallest absolute Gasteiger partial charge is 0.161 e. The number of ether oxygens (including phenoxy) is 2. The van der Waals surface area contributed by atoms with Gasteiger partial charge >= 0.3 is 0 Å². The van der Waals surface area contributed by atoms with Crippen molar-refractivity contribution in [1.82, 2.24) is 5.32 Å². The summed E-state index contributed by atoms with van der Waals surface area (Å²) >= 11 is 0. The van der Waals surface area contributed by atoms with E-state index in [1.54, 1.807) is 14.2 Å². The van der Waals surface area contributed by atoms with Gasteiger partial charge in [0.05, 0.1) is 14.2 Å². The molecule has 1 aromatic rings. The highest BCUT2D eigenvalue weighted by atomic mass is 16.5. The van der Waals surface area contributed by atoms with E-state index in [2.05, 4.69) is 19.2 Å². The predicted octanol–water partition coefficient (Wildman–Crippen LogP) is 1.87. The zero-order chi connectivity index (χ0) is 13.5. The number of hydrogen-bond donors (Lipinski definition) is 2. The van der Waals surface area contributed by atoms with Crippen LogP contribution in [0.25, 0.3) is 0 Å². The Kier molecular flexibility index (Phi) is 5.95. The highest BCUT2D eigenvalue weighted by Crippen LogP contribution is 2.30. The van der Waals surface area contributed by atoms with Gasteiger partial charge < -0.3 is 19.9 Å². The second-order valence-electron chi connectivity index (χ2n) is 4.43. The number of aryl methyl sites for hydroxylation is 1. The predicted molar refractivity (Wildman–Crippen MR) is 72.3 cm³/mol. The van der Waals surface area contributed by atoms with Crippen LogP contribution >= 0.6 is 0 Å². The van der Waals surface area contributed by atoms with E-state index in [9.17, 15) is 0 Å². The second-order valence-corrected chi connectivity index (χ2v) is 4.43. The number of hydrogen-bond acceptors (Lipinski definition) is 4. The molecule has 0 spiro atoms. The van der Waals surface area contributed by atoms with Crippen molar-refractivity contribution in [3.63, 3.8) is 0 Å². The van der Waals surface area contributed by atoms with Crippen molar-refractivity contribution in [2.24, 2.45) is 0 Å². The van der Waals surface area contributed by atoms with Crippen molar-refractivity contribution in [2.45, 2.75) is 32.9 Å². The molecule has 1 aromatic carbocycles. The highest BCUT2D eigenvalue weighted by molar-refractivity contribution is 5.46. The van der Waals surface area contributed by atoms with Crippen LogP contribution in [0.1, 0.15) is 24.5 Å². The zero-order valence-corrected chi connectivity index (χ0v) is 11.6. The molecule has 0 saturated heterocycles. The molecule has 102 valence electrons. The summed E-state index contributed by atoms with van der Waals surface area (Å²) in [6.45, 7) is 5.08. The molecule has 0 radical (unpaired) electrons. The van der Waals surface area contributed by atoms with Crippen LogP contribution in [0, 0.1) is 6.92 Å². The van der Waals surface area contributed by atoms with Crippen LogP contribution in [-0.2, 0) is 6.54 Å². The lowest BCUT2D eigenvalue weighted by molar-refractivity contribution is 0.268. The number of aliphatic hydroxyl groups excluding tert-OH is 1. The first kappa shape index (κ1) is 14.8. The van der Waals surface area contributed by atoms with E-state index in [4.69, 9.17) is 14.6 Å². The van der Waals surface area contributed by atoms with Crippen molar-refractivity contribution in [2.75, 3.05) is 20.8 Å². The van der Waals surface area contributed by atoms with E-state index < -0.39 is 0 Å². The van der Waals surface area contributed by atoms with Crippen LogP contribution in [0.4, 0.5) is 0 Å². The summed E-state index contributed by atoms with van der Waals surface area (Å²) in [5.74, 6) is 1.50. The van der Waals surface area contributed by atoms with Gasteiger partial charge in [-0.2, -0.15) is 0 Å². The minimum absolute atomic E-state index is 0.207. The largest absolute Gasteiger partial charge is 0.493 e. The monoisotopic (exact) mass is 253 g/mol. The third-order valence-corrected chi connectivity index (χ3v) is 3.05. The molecule has 2 N–H and O–H groups in total. The Morgan fingerprint density at radius 3 is 2.39 bits per heavy atom. The normalized spacial score (nSPS) is 12.3. The molecule has 0 aromatic heterocycles. The summed E-state index contributed by atoms with van der Waals surface area (Å²) in [7, 11) is 3.28. The summed E-state index contributed by atoms with van der Waals surface area (Å²) in [4.78, 5) is 0. The molecule has 0 saturated carbocycles. The molecule has 1 atom stereocenters. The molecular weight excluding hydrogens is 230 g/mol. The average Bonchev–Trinajstić information content (AvgIpc) is 2.37. The van der Waals surface area contributed by atoms with Gasteiger partial charge in [-0.25, -0.2) is 0 Å². The minimum Gasteiger partial charge on any atom is -0.493 e. The number of benzene rings is 1. The maximum atomic E-state index is 8.86. The molecule has 0 amide bonds. The minimum atomic E-state index is 0.207. The van der Waals surface area contributed by atoms with Crippen molar-refractivity contribution in [3.8, 4) is 11.5 Å². The molecule has 0 fully saturated rings. The Morgan fingerprint density at radius 2 is 1.83 bits per heavy atom. The number of aliphatic hydroxyl groups is 1. The van der Waals surface area contributed by atoms with Gasteiger partial charge in [0, 0.05) is 19.2 Å². The van der Waals surface area contributed by atoms with Gasteiger partial charge in [-0.05, 0) is 43.5 Å². The van der Waals surface area contributed by atoms with E-state index in [0.29, 0.717) is 6.04 Å². The quantitative estimate of drug-likeness (QED) is 0.779. The Bertz CT molecular complexity index is 380. The van der Waals surface area contributed by atoms with E-state index >= 15 is 0 Å². The first-order valence-corrected chi connectivity index (χ1v) is 6.18. The molecule has 4 heteroatoms. The molecular formula is C14H23NO3. The van der Waals surface area contributed by atoms with Gasteiger partial charge in [0.25, 0.3) is 0 Å². The fourth-order valence-electron chi connectivity index (χ4n) is 1.79. The van der Waals surface area contributed by atoms with Crippen molar-refractivity contribution < 1.29 is 14.6 Å². The summed E-state index contributed by atoms with van der Waals surface area (Å²) in [6, 6.07) is 4.27. The number of methoxy groups -OCH3 is 2. The van der Waals surface area contributed by atoms with Gasteiger partial charge in [0.2, 0.25) is 0 Å². The van der Waals surface area contributed by atoms with Crippen LogP contribution in [0.2, 0.25) is 0 Å².